The predicted molar refractivity (Wildman–Crippen MR) is 85.1 cm³/mol. The van der Waals surface area contributed by atoms with Crippen molar-refractivity contribution in [2.45, 2.75) is 38.5 Å². The molecule has 0 aliphatic rings. The smallest absolute Gasteiger partial charge is 0.230 e. The van der Waals surface area contributed by atoms with Gasteiger partial charge in [-0.2, -0.15) is 0 Å². The standard InChI is InChI=1S/C14H19Cl2NOS/c1-3-5-10(2)17-14(18)9-19-8-11-12(15)6-4-7-13(11)16/h4,6-7,10H,3,5,8-9H2,1-2H3,(H,17,18)/t10-/m1/s1. The maximum absolute atomic E-state index is 11.7. The van der Waals surface area contributed by atoms with Gasteiger partial charge in [-0.25, -0.2) is 0 Å². The van der Waals surface area contributed by atoms with Crippen LogP contribution in [0.15, 0.2) is 18.2 Å². The Bertz CT molecular complexity index is 406. The summed E-state index contributed by atoms with van der Waals surface area (Å²) in [6.07, 6.45) is 2.08. The molecule has 0 radical (unpaired) electrons. The average Bonchev–Trinajstić information content (AvgIpc) is 2.33. The van der Waals surface area contributed by atoms with Crippen molar-refractivity contribution in [3.63, 3.8) is 0 Å². The summed E-state index contributed by atoms with van der Waals surface area (Å²) in [4.78, 5) is 11.7. The van der Waals surface area contributed by atoms with Crippen molar-refractivity contribution in [1.82, 2.24) is 5.32 Å². The summed E-state index contributed by atoms with van der Waals surface area (Å²) >= 11 is 13.7. The van der Waals surface area contributed by atoms with Crippen LogP contribution in [-0.2, 0) is 10.5 Å². The van der Waals surface area contributed by atoms with Gasteiger partial charge in [-0.05, 0) is 31.0 Å². The van der Waals surface area contributed by atoms with Gasteiger partial charge in [0.15, 0.2) is 0 Å². The molecule has 0 bridgehead atoms. The van der Waals surface area contributed by atoms with E-state index in [1.54, 1.807) is 0 Å². The zero-order valence-electron chi connectivity index (χ0n) is 11.2. The van der Waals surface area contributed by atoms with E-state index >= 15 is 0 Å². The number of thioether (sulfide) groups is 1. The third kappa shape index (κ3) is 6.07. The minimum atomic E-state index is 0.0640. The van der Waals surface area contributed by atoms with Crippen molar-refractivity contribution in [1.29, 1.82) is 0 Å². The summed E-state index contributed by atoms with van der Waals surface area (Å²) in [5.74, 6) is 1.14. The molecule has 19 heavy (non-hydrogen) atoms. The van der Waals surface area contributed by atoms with Gasteiger partial charge in [0, 0.05) is 21.8 Å². The third-order valence-corrected chi connectivity index (χ3v) is 4.34. The molecule has 0 fully saturated rings. The number of carbonyl (C=O) groups excluding carboxylic acids is 1. The van der Waals surface area contributed by atoms with Crippen molar-refractivity contribution in [3.05, 3.63) is 33.8 Å². The lowest BCUT2D eigenvalue weighted by molar-refractivity contribution is -0.119. The van der Waals surface area contributed by atoms with Gasteiger partial charge < -0.3 is 5.32 Å². The highest BCUT2D eigenvalue weighted by atomic mass is 35.5. The summed E-state index contributed by atoms with van der Waals surface area (Å²) in [5.41, 5.74) is 0.894. The molecule has 0 saturated carbocycles. The molecule has 106 valence electrons. The molecular formula is C14H19Cl2NOS. The number of hydrogen-bond donors (Lipinski definition) is 1. The summed E-state index contributed by atoms with van der Waals surface area (Å²) in [6, 6.07) is 5.68. The highest BCUT2D eigenvalue weighted by Gasteiger charge is 2.09. The second kappa shape index (κ2) is 8.72. The molecule has 0 spiro atoms. The molecule has 0 heterocycles. The van der Waals surface area contributed by atoms with Crippen LogP contribution >= 0.6 is 35.0 Å². The zero-order valence-corrected chi connectivity index (χ0v) is 13.5. The lowest BCUT2D eigenvalue weighted by Crippen LogP contribution is -2.33. The van der Waals surface area contributed by atoms with E-state index in [1.807, 2.05) is 25.1 Å². The number of rotatable bonds is 7. The van der Waals surface area contributed by atoms with Crippen LogP contribution in [0.2, 0.25) is 10.0 Å². The third-order valence-electron chi connectivity index (χ3n) is 2.67. The van der Waals surface area contributed by atoms with E-state index in [2.05, 4.69) is 12.2 Å². The van der Waals surface area contributed by atoms with Gasteiger partial charge in [0.05, 0.1) is 5.75 Å². The van der Waals surface area contributed by atoms with Gasteiger partial charge in [0.25, 0.3) is 0 Å². The molecular weight excluding hydrogens is 301 g/mol. The van der Waals surface area contributed by atoms with Gasteiger partial charge in [0.1, 0.15) is 0 Å². The van der Waals surface area contributed by atoms with E-state index in [9.17, 15) is 4.79 Å². The first-order valence-electron chi connectivity index (χ1n) is 6.34. The van der Waals surface area contributed by atoms with Crippen molar-refractivity contribution in [2.75, 3.05) is 5.75 Å². The fraction of sp³-hybridized carbons (Fsp3) is 0.500. The topological polar surface area (TPSA) is 29.1 Å². The first-order valence-corrected chi connectivity index (χ1v) is 8.25. The highest BCUT2D eigenvalue weighted by molar-refractivity contribution is 7.99. The van der Waals surface area contributed by atoms with Crippen molar-refractivity contribution >= 4 is 40.9 Å². The maximum Gasteiger partial charge on any atom is 0.230 e. The first-order chi connectivity index (χ1) is 9.04. The molecule has 1 amide bonds. The van der Waals surface area contributed by atoms with Crippen LogP contribution in [0.4, 0.5) is 0 Å². The van der Waals surface area contributed by atoms with E-state index in [0.29, 0.717) is 21.6 Å². The molecule has 0 aromatic heterocycles. The van der Waals surface area contributed by atoms with Crippen LogP contribution < -0.4 is 5.32 Å². The number of hydrogen-bond acceptors (Lipinski definition) is 2. The van der Waals surface area contributed by atoms with Crippen LogP contribution in [0.5, 0.6) is 0 Å². The molecule has 0 unspecified atom stereocenters. The maximum atomic E-state index is 11.7. The number of halogens is 2. The molecule has 0 aliphatic heterocycles. The zero-order chi connectivity index (χ0) is 14.3. The number of amides is 1. The quantitative estimate of drug-likeness (QED) is 0.799. The minimum Gasteiger partial charge on any atom is -0.353 e. The molecule has 1 aromatic rings. The van der Waals surface area contributed by atoms with E-state index in [0.717, 1.165) is 18.4 Å². The van der Waals surface area contributed by atoms with Crippen LogP contribution in [0.1, 0.15) is 32.3 Å². The monoisotopic (exact) mass is 319 g/mol. The SMILES string of the molecule is CCC[C@@H](C)NC(=O)CSCc1c(Cl)cccc1Cl. The molecule has 2 nitrogen and oxygen atoms in total. The summed E-state index contributed by atoms with van der Waals surface area (Å²) in [6.45, 7) is 4.13. The Morgan fingerprint density at radius 1 is 1.37 bits per heavy atom. The lowest BCUT2D eigenvalue weighted by Gasteiger charge is -2.12. The second-order valence-electron chi connectivity index (χ2n) is 4.45. The predicted octanol–water partition coefficient (Wildman–Crippen LogP) is 4.53. The fourth-order valence-corrected chi connectivity index (χ4v) is 3.31. The Kier molecular flexibility index (Phi) is 7.66. The molecule has 5 heteroatoms. The Balaban J connectivity index is 2.36. The number of benzene rings is 1. The average molecular weight is 320 g/mol. The fourth-order valence-electron chi connectivity index (χ4n) is 1.74. The Morgan fingerprint density at radius 2 is 2.00 bits per heavy atom. The first kappa shape index (κ1) is 16.7. The normalized spacial score (nSPS) is 12.2. The van der Waals surface area contributed by atoms with Crippen molar-refractivity contribution in [2.24, 2.45) is 0 Å². The van der Waals surface area contributed by atoms with Crippen molar-refractivity contribution in [3.8, 4) is 0 Å². The molecule has 1 N–H and O–H groups in total. The molecule has 1 atom stereocenters. The summed E-state index contributed by atoms with van der Waals surface area (Å²) in [7, 11) is 0. The molecule has 1 aromatic carbocycles. The molecule has 1 rings (SSSR count). The minimum absolute atomic E-state index is 0.0640. The lowest BCUT2D eigenvalue weighted by atomic mass is 10.2. The highest BCUT2D eigenvalue weighted by Crippen LogP contribution is 2.28. The van der Waals surface area contributed by atoms with Gasteiger partial charge in [-0.15, -0.1) is 11.8 Å². The van der Waals surface area contributed by atoms with Crippen LogP contribution in [-0.4, -0.2) is 17.7 Å². The Morgan fingerprint density at radius 3 is 2.58 bits per heavy atom. The Labute approximate surface area is 129 Å². The molecule has 0 aliphatic carbocycles. The molecule has 0 saturated heterocycles. The van der Waals surface area contributed by atoms with Gasteiger partial charge >= 0.3 is 0 Å². The van der Waals surface area contributed by atoms with Crippen LogP contribution in [0, 0.1) is 0 Å². The van der Waals surface area contributed by atoms with Crippen LogP contribution in [0.3, 0.4) is 0 Å². The van der Waals surface area contributed by atoms with Gasteiger partial charge in [0.2, 0.25) is 5.91 Å². The van der Waals surface area contributed by atoms with Crippen molar-refractivity contribution < 1.29 is 4.79 Å². The second-order valence-corrected chi connectivity index (χ2v) is 6.25. The van der Waals surface area contributed by atoms with E-state index < -0.39 is 0 Å². The van der Waals surface area contributed by atoms with E-state index in [1.165, 1.54) is 11.8 Å². The van der Waals surface area contributed by atoms with Gasteiger partial charge in [-0.3, -0.25) is 4.79 Å². The van der Waals surface area contributed by atoms with Crippen LogP contribution in [0.25, 0.3) is 0 Å². The Hall–Kier alpha value is -0.380. The van der Waals surface area contributed by atoms with Gasteiger partial charge in [-0.1, -0.05) is 42.6 Å². The summed E-state index contributed by atoms with van der Waals surface area (Å²) < 4.78 is 0. The largest absolute Gasteiger partial charge is 0.353 e. The number of carbonyl (C=O) groups is 1. The van der Waals surface area contributed by atoms with E-state index in [4.69, 9.17) is 23.2 Å². The van der Waals surface area contributed by atoms with E-state index in [-0.39, 0.29) is 11.9 Å². The number of nitrogens with one attached hydrogen (secondary N) is 1. The summed E-state index contributed by atoms with van der Waals surface area (Å²) in [5, 5.41) is 4.28.